The van der Waals surface area contributed by atoms with Crippen molar-refractivity contribution >= 4 is 6.09 Å². The summed E-state index contributed by atoms with van der Waals surface area (Å²) in [5.41, 5.74) is 0. The molecule has 0 aromatic heterocycles. The van der Waals surface area contributed by atoms with Gasteiger partial charge in [-0.2, -0.15) is 0 Å². The predicted octanol–water partition coefficient (Wildman–Crippen LogP) is 1.20. The van der Waals surface area contributed by atoms with Crippen LogP contribution in [-0.4, -0.2) is 29.0 Å². The summed E-state index contributed by atoms with van der Waals surface area (Å²) < 4.78 is 0. The molecule has 1 saturated carbocycles. The van der Waals surface area contributed by atoms with E-state index < -0.39 is 6.09 Å². The van der Waals surface area contributed by atoms with E-state index >= 15 is 0 Å². The number of aliphatic hydroxyl groups excluding tert-OH is 1. The summed E-state index contributed by atoms with van der Waals surface area (Å²) in [6.45, 7) is -0.0863. The molecule has 76 valence electrons. The van der Waals surface area contributed by atoms with Crippen molar-refractivity contribution in [2.45, 2.75) is 38.1 Å². The highest BCUT2D eigenvalue weighted by Crippen LogP contribution is 2.26. The summed E-state index contributed by atoms with van der Waals surface area (Å²) in [5.74, 6) is 0.329. The van der Waals surface area contributed by atoms with E-state index in [9.17, 15) is 4.79 Å². The van der Waals surface area contributed by atoms with Gasteiger partial charge in [0.05, 0.1) is 12.6 Å². The van der Waals surface area contributed by atoms with Gasteiger partial charge >= 0.3 is 6.09 Å². The number of nitrogens with one attached hydrogen (secondary N) is 1. The van der Waals surface area contributed by atoms with Crippen molar-refractivity contribution in [1.29, 1.82) is 0 Å². The third-order valence-corrected chi connectivity index (χ3v) is 2.72. The Morgan fingerprint density at radius 3 is 2.46 bits per heavy atom. The number of aliphatic hydroxyl groups is 1. The van der Waals surface area contributed by atoms with Crippen molar-refractivity contribution in [1.82, 2.24) is 5.32 Å². The van der Waals surface area contributed by atoms with E-state index in [1.807, 2.05) is 0 Å². The maximum Gasteiger partial charge on any atom is 0.404 e. The minimum absolute atomic E-state index is 0.0863. The molecule has 0 saturated heterocycles. The van der Waals surface area contributed by atoms with Gasteiger partial charge in [0.1, 0.15) is 0 Å². The normalized spacial score (nSPS) is 21.0. The fourth-order valence-electron chi connectivity index (χ4n) is 2.01. The monoisotopic (exact) mass is 187 g/mol. The van der Waals surface area contributed by atoms with Crippen LogP contribution in [0.15, 0.2) is 0 Å². The van der Waals surface area contributed by atoms with Crippen LogP contribution < -0.4 is 5.32 Å². The Morgan fingerprint density at radius 2 is 2.00 bits per heavy atom. The van der Waals surface area contributed by atoms with Crippen molar-refractivity contribution in [3.63, 3.8) is 0 Å². The molecule has 1 aliphatic rings. The zero-order valence-corrected chi connectivity index (χ0v) is 7.70. The molecule has 0 aromatic rings. The molecule has 0 spiro atoms. The molecule has 0 unspecified atom stereocenters. The molecule has 1 atom stereocenters. The van der Waals surface area contributed by atoms with E-state index in [0.717, 1.165) is 25.7 Å². The molecule has 1 rings (SSSR count). The summed E-state index contributed by atoms with van der Waals surface area (Å²) in [7, 11) is 0. The molecule has 13 heavy (non-hydrogen) atoms. The molecular formula is C9H17NO3. The van der Waals surface area contributed by atoms with Crippen LogP contribution in [0.2, 0.25) is 0 Å². The standard InChI is InChI=1S/C9H17NO3/c11-6-8(10-9(12)13)7-4-2-1-3-5-7/h7-8,10-11H,1-6H2,(H,12,13)/t8-/m1/s1. The van der Waals surface area contributed by atoms with Crippen LogP contribution in [0, 0.1) is 5.92 Å². The Labute approximate surface area is 78.0 Å². The molecule has 3 N–H and O–H groups in total. The fourth-order valence-corrected chi connectivity index (χ4v) is 2.01. The first-order valence-corrected chi connectivity index (χ1v) is 4.84. The molecule has 0 radical (unpaired) electrons. The quantitative estimate of drug-likeness (QED) is 0.621. The average Bonchev–Trinajstić information content (AvgIpc) is 2.15. The van der Waals surface area contributed by atoms with Gasteiger partial charge in [0.15, 0.2) is 0 Å². The summed E-state index contributed by atoms with van der Waals surface area (Å²) in [5, 5.41) is 19.9. The van der Waals surface area contributed by atoms with Gasteiger partial charge in [-0.15, -0.1) is 0 Å². The molecule has 1 aliphatic carbocycles. The Bertz CT molecular complexity index is 166. The molecule has 4 heteroatoms. The highest BCUT2D eigenvalue weighted by atomic mass is 16.4. The van der Waals surface area contributed by atoms with Crippen molar-refractivity contribution < 1.29 is 15.0 Å². The lowest BCUT2D eigenvalue weighted by atomic mass is 9.84. The second-order valence-electron chi connectivity index (χ2n) is 3.64. The lowest BCUT2D eigenvalue weighted by Crippen LogP contribution is -2.42. The van der Waals surface area contributed by atoms with Gasteiger partial charge in [0.2, 0.25) is 0 Å². The second-order valence-corrected chi connectivity index (χ2v) is 3.64. The molecule has 0 aliphatic heterocycles. The number of carbonyl (C=O) groups is 1. The van der Waals surface area contributed by atoms with Crippen LogP contribution in [-0.2, 0) is 0 Å². The molecule has 0 aromatic carbocycles. The van der Waals surface area contributed by atoms with Gasteiger partial charge < -0.3 is 15.5 Å². The van der Waals surface area contributed by atoms with E-state index in [0.29, 0.717) is 5.92 Å². The highest BCUT2D eigenvalue weighted by Gasteiger charge is 2.23. The van der Waals surface area contributed by atoms with Crippen molar-refractivity contribution in [3.8, 4) is 0 Å². The van der Waals surface area contributed by atoms with E-state index in [-0.39, 0.29) is 12.6 Å². The van der Waals surface area contributed by atoms with Crippen LogP contribution in [0.5, 0.6) is 0 Å². The third kappa shape index (κ3) is 3.22. The number of hydrogen-bond donors (Lipinski definition) is 3. The van der Waals surface area contributed by atoms with E-state index in [4.69, 9.17) is 10.2 Å². The minimum atomic E-state index is -1.04. The molecule has 0 bridgehead atoms. The highest BCUT2D eigenvalue weighted by molar-refractivity contribution is 5.64. The van der Waals surface area contributed by atoms with Gasteiger partial charge in [0, 0.05) is 0 Å². The Hall–Kier alpha value is -0.770. The zero-order chi connectivity index (χ0) is 9.68. The maximum atomic E-state index is 10.4. The zero-order valence-electron chi connectivity index (χ0n) is 7.70. The topological polar surface area (TPSA) is 69.6 Å². The van der Waals surface area contributed by atoms with Gasteiger partial charge in [0.25, 0.3) is 0 Å². The van der Waals surface area contributed by atoms with Crippen LogP contribution in [0.1, 0.15) is 32.1 Å². The maximum absolute atomic E-state index is 10.4. The third-order valence-electron chi connectivity index (χ3n) is 2.72. The van der Waals surface area contributed by atoms with Crippen LogP contribution >= 0.6 is 0 Å². The van der Waals surface area contributed by atoms with Gasteiger partial charge in [-0.3, -0.25) is 0 Å². The van der Waals surface area contributed by atoms with Gasteiger partial charge in [-0.1, -0.05) is 19.3 Å². The van der Waals surface area contributed by atoms with Crippen LogP contribution in [0.3, 0.4) is 0 Å². The lowest BCUT2D eigenvalue weighted by Gasteiger charge is -2.28. The molecule has 1 fully saturated rings. The smallest absolute Gasteiger partial charge is 0.404 e. The van der Waals surface area contributed by atoms with Gasteiger partial charge in [-0.05, 0) is 18.8 Å². The van der Waals surface area contributed by atoms with Crippen molar-refractivity contribution in [2.75, 3.05) is 6.61 Å². The van der Waals surface area contributed by atoms with Crippen molar-refractivity contribution in [2.24, 2.45) is 5.92 Å². The number of rotatable bonds is 3. The van der Waals surface area contributed by atoms with Crippen LogP contribution in [0.4, 0.5) is 4.79 Å². The Kier molecular flexibility index (Phi) is 4.02. The first-order valence-electron chi connectivity index (χ1n) is 4.84. The summed E-state index contributed by atoms with van der Waals surface area (Å²) >= 11 is 0. The summed E-state index contributed by atoms with van der Waals surface area (Å²) in [6, 6.07) is -0.266. The molecule has 4 nitrogen and oxygen atoms in total. The molecular weight excluding hydrogens is 170 g/mol. The molecule has 1 amide bonds. The Morgan fingerprint density at radius 1 is 1.38 bits per heavy atom. The van der Waals surface area contributed by atoms with Crippen molar-refractivity contribution in [3.05, 3.63) is 0 Å². The van der Waals surface area contributed by atoms with E-state index in [1.165, 1.54) is 6.42 Å². The Balaban J connectivity index is 2.39. The largest absolute Gasteiger partial charge is 0.465 e. The lowest BCUT2D eigenvalue weighted by molar-refractivity contribution is 0.148. The number of hydrogen-bond acceptors (Lipinski definition) is 2. The predicted molar refractivity (Wildman–Crippen MR) is 48.6 cm³/mol. The first-order chi connectivity index (χ1) is 6.24. The summed E-state index contributed by atoms with van der Waals surface area (Å²) in [4.78, 5) is 10.4. The SMILES string of the molecule is O=C(O)N[C@H](CO)C1CCCCC1. The molecule has 0 heterocycles. The average molecular weight is 187 g/mol. The second kappa shape index (κ2) is 5.07. The van der Waals surface area contributed by atoms with Gasteiger partial charge in [-0.25, -0.2) is 4.79 Å². The van der Waals surface area contributed by atoms with E-state index in [1.54, 1.807) is 0 Å². The number of carboxylic acid groups (broad SMARTS) is 1. The first kappa shape index (κ1) is 10.3. The minimum Gasteiger partial charge on any atom is -0.465 e. The van der Waals surface area contributed by atoms with E-state index in [2.05, 4.69) is 5.32 Å². The summed E-state index contributed by atoms with van der Waals surface area (Å²) in [6.07, 6.45) is 4.58. The van der Waals surface area contributed by atoms with Crippen LogP contribution in [0.25, 0.3) is 0 Å². The number of amides is 1. The fraction of sp³-hybridized carbons (Fsp3) is 0.889.